The van der Waals surface area contributed by atoms with E-state index in [4.69, 9.17) is 11.6 Å². The number of phenolic OH excluding ortho intramolecular Hbond substituents is 2. The van der Waals surface area contributed by atoms with E-state index in [9.17, 15) is 10.2 Å². The molecular formula is C19H13ClN2O2. The van der Waals surface area contributed by atoms with Gasteiger partial charge in [0, 0.05) is 11.5 Å². The smallest absolute Gasteiger partial charge is 0.134 e. The summed E-state index contributed by atoms with van der Waals surface area (Å²) in [5, 5.41) is 24.9. The molecular weight excluding hydrogens is 324 g/mol. The molecule has 2 N–H and O–H groups in total. The van der Waals surface area contributed by atoms with Crippen molar-refractivity contribution in [3.8, 4) is 28.3 Å². The SMILES string of the molecule is Oc1ccc2cnn(-c3ccc(-c4ccc(O)c(Cl)c4)cc3)c2c1. The van der Waals surface area contributed by atoms with Crippen molar-refractivity contribution in [3.05, 3.63) is 71.9 Å². The Morgan fingerprint density at radius 3 is 2.33 bits per heavy atom. The van der Waals surface area contributed by atoms with E-state index >= 15 is 0 Å². The minimum atomic E-state index is 0.0693. The standard InChI is InChI=1S/C19H13ClN2O2/c20-17-9-13(4-8-19(17)24)12-1-5-15(6-2-12)22-18-10-16(23)7-3-14(18)11-21-22/h1-11,23-24H. The minimum absolute atomic E-state index is 0.0693. The van der Waals surface area contributed by atoms with Gasteiger partial charge in [-0.15, -0.1) is 0 Å². The van der Waals surface area contributed by atoms with Crippen LogP contribution < -0.4 is 0 Å². The molecule has 0 aliphatic heterocycles. The number of halogens is 1. The highest BCUT2D eigenvalue weighted by molar-refractivity contribution is 6.32. The zero-order valence-electron chi connectivity index (χ0n) is 12.5. The number of benzene rings is 3. The number of fused-ring (bicyclic) bond motifs is 1. The summed E-state index contributed by atoms with van der Waals surface area (Å²) in [6.45, 7) is 0. The van der Waals surface area contributed by atoms with Crippen LogP contribution in [0.4, 0.5) is 0 Å². The first-order valence-electron chi connectivity index (χ1n) is 7.38. The van der Waals surface area contributed by atoms with Crippen LogP contribution in [0.3, 0.4) is 0 Å². The molecule has 24 heavy (non-hydrogen) atoms. The average molecular weight is 337 g/mol. The molecule has 3 aromatic carbocycles. The second kappa shape index (κ2) is 5.58. The lowest BCUT2D eigenvalue weighted by Crippen LogP contribution is -1.95. The molecule has 4 nitrogen and oxygen atoms in total. The van der Waals surface area contributed by atoms with Gasteiger partial charge in [-0.05, 0) is 47.5 Å². The topological polar surface area (TPSA) is 58.3 Å². The molecule has 0 spiro atoms. The lowest BCUT2D eigenvalue weighted by Gasteiger charge is -2.07. The van der Waals surface area contributed by atoms with Crippen LogP contribution in [0.25, 0.3) is 27.7 Å². The van der Waals surface area contributed by atoms with Crippen molar-refractivity contribution in [2.45, 2.75) is 0 Å². The molecule has 0 saturated carbocycles. The van der Waals surface area contributed by atoms with E-state index in [2.05, 4.69) is 5.10 Å². The largest absolute Gasteiger partial charge is 0.508 e. The Balaban J connectivity index is 1.75. The van der Waals surface area contributed by atoms with Crippen molar-refractivity contribution in [2.75, 3.05) is 0 Å². The number of hydrogen-bond donors (Lipinski definition) is 2. The van der Waals surface area contributed by atoms with Crippen LogP contribution in [0, 0.1) is 0 Å². The van der Waals surface area contributed by atoms with E-state index in [0.29, 0.717) is 5.02 Å². The van der Waals surface area contributed by atoms with Gasteiger partial charge in [-0.25, -0.2) is 4.68 Å². The number of rotatable bonds is 2. The molecule has 118 valence electrons. The average Bonchev–Trinajstić information content (AvgIpc) is 3.00. The van der Waals surface area contributed by atoms with Crippen LogP contribution in [0.5, 0.6) is 11.5 Å². The summed E-state index contributed by atoms with van der Waals surface area (Å²) in [6.07, 6.45) is 1.77. The monoisotopic (exact) mass is 336 g/mol. The van der Waals surface area contributed by atoms with Crippen molar-refractivity contribution in [1.82, 2.24) is 9.78 Å². The van der Waals surface area contributed by atoms with Gasteiger partial charge in [0.25, 0.3) is 0 Å². The highest BCUT2D eigenvalue weighted by atomic mass is 35.5. The molecule has 0 unspecified atom stereocenters. The van der Waals surface area contributed by atoms with Gasteiger partial charge in [-0.1, -0.05) is 29.8 Å². The van der Waals surface area contributed by atoms with Crippen LogP contribution in [-0.4, -0.2) is 20.0 Å². The lowest BCUT2D eigenvalue weighted by molar-refractivity contribution is 0.475. The maximum Gasteiger partial charge on any atom is 0.134 e. The van der Waals surface area contributed by atoms with Crippen LogP contribution in [0.2, 0.25) is 5.02 Å². The fourth-order valence-corrected chi connectivity index (χ4v) is 2.87. The molecule has 5 heteroatoms. The van der Waals surface area contributed by atoms with Gasteiger partial charge in [-0.3, -0.25) is 0 Å². The summed E-state index contributed by atoms with van der Waals surface area (Å²) in [5.74, 6) is 0.277. The maximum absolute atomic E-state index is 9.69. The van der Waals surface area contributed by atoms with Crippen LogP contribution in [-0.2, 0) is 0 Å². The second-order valence-corrected chi connectivity index (χ2v) is 5.92. The molecule has 0 aliphatic carbocycles. The molecule has 0 radical (unpaired) electrons. The van der Waals surface area contributed by atoms with Crippen molar-refractivity contribution in [1.29, 1.82) is 0 Å². The van der Waals surface area contributed by atoms with E-state index < -0.39 is 0 Å². The first-order valence-corrected chi connectivity index (χ1v) is 7.76. The molecule has 4 aromatic rings. The normalized spacial score (nSPS) is 11.0. The number of phenols is 2. The number of nitrogens with zero attached hydrogens (tertiary/aromatic N) is 2. The van der Waals surface area contributed by atoms with Gasteiger partial charge in [0.2, 0.25) is 0 Å². The van der Waals surface area contributed by atoms with E-state index in [1.165, 1.54) is 0 Å². The third-order valence-corrected chi connectivity index (χ3v) is 4.25. The van der Waals surface area contributed by atoms with Gasteiger partial charge in [0.05, 0.1) is 22.4 Å². The minimum Gasteiger partial charge on any atom is -0.508 e. The number of aromatic hydroxyl groups is 2. The third-order valence-electron chi connectivity index (χ3n) is 3.95. The Kier molecular flexibility index (Phi) is 3.40. The van der Waals surface area contributed by atoms with Crippen molar-refractivity contribution in [3.63, 3.8) is 0 Å². The van der Waals surface area contributed by atoms with Crippen molar-refractivity contribution in [2.24, 2.45) is 0 Å². The summed E-state index contributed by atoms with van der Waals surface area (Å²) in [7, 11) is 0. The van der Waals surface area contributed by atoms with Crippen molar-refractivity contribution < 1.29 is 10.2 Å². The first-order chi connectivity index (χ1) is 11.6. The first kappa shape index (κ1) is 14.6. The van der Waals surface area contributed by atoms with Gasteiger partial charge in [0.15, 0.2) is 0 Å². The molecule has 1 aromatic heterocycles. The van der Waals surface area contributed by atoms with Crippen LogP contribution in [0.15, 0.2) is 66.9 Å². The van der Waals surface area contributed by atoms with Gasteiger partial charge >= 0.3 is 0 Å². The molecule has 0 amide bonds. The Labute approximate surface area is 143 Å². The summed E-state index contributed by atoms with van der Waals surface area (Å²) in [4.78, 5) is 0. The van der Waals surface area contributed by atoms with Gasteiger partial charge in [-0.2, -0.15) is 5.10 Å². The Hall–Kier alpha value is -2.98. The Morgan fingerprint density at radius 1 is 0.833 bits per heavy atom. The third kappa shape index (κ3) is 2.47. The van der Waals surface area contributed by atoms with E-state index in [1.807, 2.05) is 36.4 Å². The molecule has 0 bridgehead atoms. The zero-order chi connectivity index (χ0) is 16.7. The van der Waals surface area contributed by atoms with Gasteiger partial charge in [0.1, 0.15) is 11.5 Å². The fraction of sp³-hybridized carbons (Fsp3) is 0. The fourth-order valence-electron chi connectivity index (χ4n) is 2.69. The lowest BCUT2D eigenvalue weighted by atomic mass is 10.1. The predicted octanol–water partition coefficient (Wildman–Crippen LogP) is 4.76. The predicted molar refractivity (Wildman–Crippen MR) is 94.8 cm³/mol. The molecule has 1 heterocycles. The van der Waals surface area contributed by atoms with Crippen molar-refractivity contribution >= 4 is 22.5 Å². The van der Waals surface area contributed by atoms with E-state index in [1.54, 1.807) is 35.1 Å². The summed E-state index contributed by atoms with van der Waals surface area (Å²) >= 11 is 5.97. The molecule has 0 fully saturated rings. The quantitative estimate of drug-likeness (QED) is 0.555. The van der Waals surface area contributed by atoms with E-state index in [-0.39, 0.29) is 11.5 Å². The van der Waals surface area contributed by atoms with Crippen LogP contribution in [0.1, 0.15) is 0 Å². The molecule has 4 rings (SSSR count). The molecule has 0 aliphatic rings. The number of aromatic nitrogens is 2. The summed E-state index contributed by atoms with van der Waals surface area (Å²) in [5.41, 5.74) is 3.65. The number of hydrogen-bond acceptors (Lipinski definition) is 3. The zero-order valence-corrected chi connectivity index (χ0v) is 13.3. The highest BCUT2D eigenvalue weighted by Gasteiger charge is 2.07. The van der Waals surface area contributed by atoms with Crippen LogP contribution >= 0.6 is 11.6 Å². The molecule has 0 atom stereocenters. The van der Waals surface area contributed by atoms with Gasteiger partial charge < -0.3 is 10.2 Å². The Bertz CT molecular complexity index is 1040. The molecule has 0 saturated heterocycles. The summed E-state index contributed by atoms with van der Waals surface area (Å²) < 4.78 is 1.78. The van der Waals surface area contributed by atoms with E-state index in [0.717, 1.165) is 27.7 Å². The summed E-state index contributed by atoms with van der Waals surface area (Å²) in [6, 6.07) is 18.1. The Morgan fingerprint density at radius 2 is 1.58 bits per heavy atom. The maximum atomic E-state index is 9.69. The second-order valence-electron chi connectivity index (χ2n) is 5.51. The highest BCUT2D eigenvalue weighted by Crippen LogP contribution is 2.30.